The summed E-state index contributed by atoms with van der Waals surface area (Å²) in [5.41, 5.74) is 0. The van der Waals surface area contributed by atoms with Crippen molar-refractivity contribution in [2.24, 2.45) is 0 Å². The summed E-state index contributed by atoms with van der Waals surface area (Å²) in [5, 5.41) is 4.13. The summed E-state index contributed by atoms with van der Waals surface area (Å²) in [6.45, 7) is 1.60. The van der Waals surface area contributed by atoms with E-state index in [0.29, 0.717) is 16.5 Å². The van der Waals surface area contributed by atoms with Crippen LogP contribution in [0.25, 0.3) is 0 Å². The molecule has 0 bridgehead atoms. The van der Waals surface area contributed by atoms with Gasteiger partial charge in [-0.15, -0.1) is 0 Å². The van der Waals surface area contributed by atoms with Gasteiger partial charge in [-0.2, -0.15) is 0 Å². The Morgan fingerprint density at radius 3 is 2.47 bits per heavy atom. The van der Waals surface area contributed by atoms with Crippen LogP contribution in [0.15, 0.2) is 0 Å². The molecular weight excluding hydrogens is 234 g/mol. The molecule has 0 aromatic rings. The van der Waals surface area contributed by atoms with Crippen LogP contribution < -0.4 is 5.32 Å². The third-order valence-electron chi connectivity index (χ3n) is 4.12. The molecule has 0 aromatic heterocycles. The van der Waals surface area contributed by atoms with Crippen molar-refractivity contribution in [3.63, 3.8) is 0 Å². The van der Waals surface area contributed by atoms with Crippen LogP contribution in [0.4, 0.5) is 0 Å². The predicted molar refractivity (Wildman–Crippen MR) is 71.7 cm³/mol. The maximum atomic E-state index is 12.7. The van der Waals surface area contributed by atoms with Crippen LogP contribution in [0.5, 0.6) is 0 Å². The fourth-order valence-electron chi connectivity index (χ4n) is 3.04. The van der Waals surface area contributed by atoms with Gasteiger partial charge in [0.05, 0.1) is 5.25 Å². The van der Waals surface area contributed by atoms with Gasteiger partial charge in [0.2, 0.25) is 0 Å². The first-order valence-corrected chi connectivity index (χ1v) is 8.25. The maximum Gasteiger partial charge on any atom is 0.0503 e. The molecule has 2 fully saturated rings. The number of hydrogen-bond acceptors (Lipinski definition) is 3. The summed E-state index contributed by atoms with van der Waals surface area (Å²) in [4.78, 5) is 0. The van der Waals surface area contributed by atoms with Gasteiger partial charge in [0, 0.05) is 35.3 Å². The molecule has 0 radical (unpaired) electrons. The first-order valence-electron chi connectivity index (χ1n) is 6.97. The summed E-state index contributed by atoms with van der Waals surface area (Å²) < 4.78 is 18.1. The molecule has 0 amide bonds. The van der Waals surface area contributed by atoms with Crippen molar-refractivity contribution < 1.29 is 8.95 Å². The number of hydrogen-bond donors (Lipinski definition) is 1. The average Bonchev–Trinajstić information content (AvgIpc) is 2.64. The second-order valence-electron chi connectivity index (χ2n) is 5.21. The Hall–Kier alpha value is 0.0700. The zero-order valence-corrected chi connectivity index (χ0v) is 11.6. The zero-order chi connectivity index (χ0) is 12.1. The maximum absolute atomic E-state index is 12.7. The van der Waals surface area contributed by atoms with E-state index in [-0.39, 0.29) is 0 Å². The summed E-state index contributed by atoms with van der Waals surface area (Å²) in [6.07, 6.45) is 8.13. The summed E-state index contributed by atoms with van der Waals surface area (Å²) in [7, 11) is 1.34. The largest absolute Gasteiger partial charge is 0.381 e. The number of ether oxygens (including phenoxy) is 1. The quantitative estimate of drug-likeness (QED) is 0.786. The lowest BCUT2D eigenvalue weighted by molar-refractivity contribution is 0.0990. The minimum Gasteiger partial charge on any atom is -0.381 e. The molecule has 2 rings (SSSR count). The lowest BCUT2D eigenvalue weighted by Gasteiger charge is -2.30. The fourth-order valence-corrected chi connectivity index (χ4v) is 5.18. The summed E-state index contributed by atoms with van der Waals surface area (Å²) >= 11 is 0. The molecule has 1 aliphatic carbocycles. The number of rotatable bonds is 3. The molecule has 1 saturated heterocycles. The minimum atomic E-state index is -0.676. The highest BCUT2D eigenvalue weighted by atomic mass is 32.2. The smallest absolute Gasteiger partial charge is 0.0503 e. The van der Waals surface area contributed by atoms with Crippen molar-refractivity contribution in [3.05, 3.63) is 0 Å². The van der Waals surface area contributed by atoms with E-state index in [9.17, 15) is 4.21 Å². The van der Waals surface area contributed by atoms with Gasteiger partial charge in [-0.3, -0.25) is 4.21 Å². The molecule has 3 atom stereocenters. The molecule has 4 heteroatoms. The van der Waals surface area contributed by atoms with Gasteiger partial charge in [0.25, 0.3) is 0 Å². The van der Waals surface area contributed by atoms with Gasteiger partial charge in [0.1, 0.15) is 0 Å². The average molecular weight is 259 g/mol. The van der Waals surface area contributed by atoms with Crippen LogP contribution >= 0.6 is 0 Å². The Labute approximate surface area is 107 Å². The fraction of sp³-hybridized carbons (Fsp3) is 1.00. The van der Waals surface area contributed by atoms with E-state index in [2.05, 4.69) is 5.32 Å². The van der Waals surface area contributed by atoms with Crippen LogP contribution in [0, 0.1) is 0 Å². The van der Waals surface area contributed by atoms with E-state index < -0.39 is 10.8 Å². The number of nitrogens with one attached hydrogen (secondary N) is 1. The van der Waals surface area contributed by atoms with E-state index in [1.807, 2.05) is 7.05 Å². The molecule has 2 aliphatic rings. The molecule has 100 valence electrons. The Morgan fingerprint density at radius 2 is 1.76 bits per heavy atom. The topological polar surface area (TPSA) is 38.3 Å². The van der Waals surface area contributed by atoms with E-state index in [4.69, 9.17) is 4.74 Å². The van der Waals surface area contributed by atoms with Gasteiger partial charge in [-0.05, 0) is 32.7 Å². The summed E-state index contributed by atoms with van der Waals surface area (Å²) in [5.74, 6) is 0. The van der Waals surface area contributed by atoms with Crippen LogP contribution in [0.3, 0.4) is 0 Å². The Morgan fingerprint density at radius 1 is 1.06 bits per heavy atom. The minimum absolute atomic E-state index is 0.366. The van der Waals surface area contributed by atoms with E-state index in [0.717, 1.165) is 32.5 Å². The first kappa shape index (κ1) is 13.5. The molecule has 3 nitrogen and oxygen atoms in total. The van der Waals surface area contributed by atoms with Gasteiger partial charge < -0.3 is 10.1 Å². The standard InChI is InChI=1S/C13H25NO2S/c1-14-12-5-3-2-4-6-13(12)17(15)11-7-9-16-10-8-11/h11-14H,2-10H2,1H3. The van der Waals surface area contributed by atoms with Crippen LogP contribution in [0.1, 0.15) is 44.9 Å². The van der Waals surface area contributed by atoms with E-state index in [1.54, 1.807) is 0 Å². The second-order valence-corrected chi connectivity index (χ2v) is 7.14. The molecule has 1 N–H and O–H groups in total. The van der Waals surface area contributed by atoms with Crippen molar-refractivity contribution in [3.8, 4) is 0 Å². The molecule has 1 aliphatic heterocycles. The third-order valence-corrected chi connectivity index (χ3v) is 6.41. The Bertz CT molecular complexity index is 254. The molecule has 3 unspecified atom stereocenters. The monoisotopic (exact) mass is 259 g/mol. The van der Waals surface area contributed by atoms with Crippen LogP contribution in [-0.2, 0) is 15.5 Å². The Kier molecular flexibility index (Phi) is 5.45. The highest BCUT2D eigenvalue weighted by Gasteiger charge is 2.32. The van der Waals surface area contributed by atoms with Gasteiger partial charge in [0.15, 0.2) is 0 Å². The normalized spacial score (nSPS) is 34.2. The van der Waals surface area contributed by atoms with Crippen molar-refractivity contribution in [2.45, 2.75) is 61.5 Å². The SMILES string of the molecule is CNC1CCCCCC1S(=O)C1CCOCC1. The lowest BCUT2D eigenvalue weighted by Crippen LogP contribution is -2.43. The molecular formula is C13H25NO2S. The third kappa shape index (κ3) is 3.52. The first-order chi connectivity index (χ1) is 8.33. The van der Waals surface area contributed by atoms with Gasteiger partial charge in [-0.1, -0.05) is 19.3 Å². The van der Waals surface area contributed by atoms with Crippen LogP contribution in [-0.4, -0.2) is 41.0 Å². The van der Waals surface area contributed by atoms with Gasteiger partial charge in [-0.25, -0.2) is 0 Å². The van der Waals surface area contributed by atoms with E-state index >= 15 is 0 Å². The van der Waals surface area contributed by atoms with E-state index in [1.165, 1.54) is 25.7 Å². The highest BCUT2D eigenvalue weighted by Crippen LogP contribution is 2.26. The Balaban J connectivity index is 1.98. The lowest BCUT2D eigenvalue weighted by atomic mass is 10.1. The second kappa shape index (κ2) is 6.86. The zero-order valence-electron chi connectivity index (χ0n) is 10.8. The van der Waals surface area contributed by atoms with Crippen LogP contribution in [0.2, 0.25) is 0 Å². The van der Waals surface area contributed by atoms with Crippen molar-refractivity contribution >= 4 is 10.8 Å². The predicted octanol–water partition coefficient (Wildman–Crippen LogP) is 1.83. The molecule has 0 aromatic carbocycles. The summed E-state index contributed by atoms with van der Waals surface area (Å²) in [6, 6.07) is 0.459. The molecule has 1 saturated carbocycles. The highest BCUT2D eigenvalue weighted by molar-refractivity contribution is 7.86. The molecule has 17 heavy (non-hydrogen) atoms. The van der Waals surface area contributed by atoms with Crippen molar-refractivity contribution in [1.29, 1.82) is 0 Å². The molecule has 0 spiro atoms. The van der Waals surface area contributed by atoms with Crippen molar-refractivity contribution in [2.75, 3.05) is 20.3 Å². The molecule has 1 heterocycles. The van der Waals surface area contributed by atoms with Gasteiger partial charge >= 0.3 is 0 Å². The van der Waals surface area contributed by atoms with Crippen molar-refractivity contribution in [1.82, 2.24) is 5.32 Å².